The summed E-state index contributed by atoms with van der Waals surface area (Å²) in [4.78, 5) is 5.48. The lowest BCUT2D eigenvalue weighted by Crippen LogP contribution is -2.18. The van der Waals surface area contributed by atoms with Gasteiger partial charge in [-0.3, -0.25) is 0 Å². The quantitative estimate of drug-likeness (QED) is 0.451. The summed E-state index contributed by atoms with van der Waals surface area (Å²) < 4.78 is 36.1. The Bertz CT molecular complexity index is 1400. The Kier molecular flexibility index (Phi) is 3.99. The molecule has 0 aliphatic carbocycles. The van der Waals surface area contributed by atoms with Gasteiger partial charge in [0.25, 0.3) is 0 Å². The van der Waals surface area contributed by atoms with Crippen LogP contribution in [0.3, 0.4) is 0 Å². The van der Waals surface area contributed by atoms with Gasteiger partial charge in [-0.15, -0.1) is 0 Å². The summed E-state index contributed by atoms with van der Waals surface area (Å²) in [7, 11) is 5.68. The summed E-state index contributed by atoms with van der Waals surface area (Å²) in [6.45, 7) is 1.56. The van der Waals surface area contributed by atoms with Gasteiger partial charge in [-0.05, 0) is 56.6 Å². The van der Waals surface area contributed by atoms with E-state index in [1.54, 1.807) is 19.2 Å². The molecule has 1 N–H and O–H groups in total. The number of fused-ring (bicyclic) bond motifs is 6. The molecule has 3 aromatic carbocycles. The fraction of sp³-hybridized carbons (Fsp3) is 0.217. The van der Waals surface area contributed by atoms with E-state index in [0.717, 1.165) is 56.7 Å². The topological polar surface area (TPSA) is 33.2 Å². The number of methoxy groups -OCH3 is 1. The zero-order valence-corrected chi connectivity index (χ0v) is 16.5. The van der Waals surface area contributed by atoms with E-state index in [2.05, 4.69) is 14.5 Å². The van der Waals surface area contributed by atoms with Crippen molar-refractivity contribution in [1.29, 1.82) is 0 Å². The first kappa shape index (κ1) is 17.9. The fourth-order valence-electron chi connectivity index (χ4n) is 4.25. The Morgan fingerprint density at radius 1 is 0.931 bits per heavy atom. The minimum Gasteiger partial charge on any atom is -0.492 e. The van der Waals surface area contributed by atoms with E-state index in [9.17, 15) is 8.78 Å². The number of likely N-dealkylation sites (N-methyl/N-ethyl adjacent to an activating group) is 1. The number of nitrogens with zero attached hydrogens (tertiary/aromatic N) is 2. The summed E-state index contributed by atoms with van der Waals surface area (Å²) in [6, 6.07) is 11.6. The van der Waals surface area contributed by atoms with Crippen LogP contribution in [-0.4, -0.2) is 42.2 Å². The van der Waals surface area contributed by atoms with Crippen molar-refractivity contribution in [2.24, 2.45) is 0 Å². The van der Waals surface area contributed by atoms with Crippen molar-refractivity contribution in [3.8, 4) is 5.75 Å². The third-order valence-corrected chi connectivity index (χ3v) is 5.57. The van der Waals surface area contributed by atoms with Crippen molar-refractivity contribution in [2.45, 2.75) is 6.54 Å². The van der Waals surface area contributed by atoms with Crippen molar-refractivity contribution in [3.63, 3.8) is 0 Å². The fourth-order valence-corrected chi connectivity index (χ4v) is 4.25. The van der Waals surface area contributed by atoms with E-state index < -0.39 is 0 Å². The SMILES string of the molecule is COc1c2[nH]c3ccc(F)cc3c2cc2c3cc(F)ccc3n(CCN(C)C)c12. The lowest BCUT2D eigenvalue weighted by molar-refractivity contribution is 0.386. The highest BCUT2D eigenvalue weighted by atomic mass is 19.1. The monoisotopic (exact) mass is 393 g/mol. The second-order valence-electron chi connectivity index (χ2n) is 7.66. The van der Waals surface area contributed by atoms with Crippen LogP contribution >= 0.6 is 0 Å². The van der Waals surface area contributed by atoms with Crippen LogP contribution in [0.2, 0.25) is 0 Å². The molecule has 4 nitrogen and oxygen atoms in total. The maximum Gasteiger partial charge on any atom is 0.167 e. The van der Waals surface area contributed by atoms with Gasteiger partial charge in [0.1, 0.15) is 11.6 Å². The molecule has 0 saturated carbocycles. The van der Waals surface area contributed by atoms with Crippen LogP contribution in [0.4, 0.5) is 8.78 Å². The maximum atomic E-state index is 14.1. The first-order valence-corrected chi connectivity index (χ1v) is 9.52. The number of hydrogen-bond acceptors (Lipinski definition) is 2. The lowest BCUT2D eigenvalue weighted by atomic mass is 10.1. The second-order valence-corrected chi connectivity index (χ2v) is 7.66. The van der Waals surface area contributed by atoms with Crippen LogP contribution < -0.4 is 4.74 Å². The molecule has 0 radical (unpaired) electrons. The number of H-pyrrole nitrogens is 1. The van der Waals surface area contributed by atoms with Gasteiger partial charge >= 0.3 is 0 Å². The molecule has 0 amide bonds. The summed E-state index contributed by atoms with van der Waals surface area (Å²) in [5, 5.41) is 3.36. The Labute approximate surface area is 166 Å². The molecule has 5 rings (SSSR count). The smallest absolute Gasteiger partial charge is 0.167 e. The minimum absolute atomic E-state index is 0.284. The van der Waals surface area contributed by atoms with Crippen LogP contribution in [-0.2, 0) is 6.54 Å². The van der Waals surface area contributed by atoms with Gasteiger partial charge in [0.2, 0.25) is 0 Å². The molecular weight excluding hydrogens is 372 g/mol. The van der Waals surface area contributed by atoms with Crippen LogP contribution in [0.1, 0.15) is 0 Å². The molecule has 0 saturated heterocycles. The van der Waals surface area contributed by atoms with Crippen molar-refractivity contribution in [3.05, 3.63) is 54.1 Å². The number of nitrogens with one attached hydrogen (secondary N) is 1. The van der Waals surface area contributed by atoms with Crippen molar-refractivity contribution >= 4 is 43.6 Å². The van der Waals surface area contributed by atoms with Gasteiger partial charge in [0.05, 0.1) is 18.1 Å². The van der Waals surface area contributed by atoms with E-state index in [1.165, 1.54) is 18.2 Å². The first-order chi connectivity index (χ1) is 14.0. The molecule has 2 aromatic heterocycles. The summed E-state index contributed by atoms with van der Waals surface area (Å²) >= 11 is 0. The molecule has 0 aliphatic heterocycles. The Balaban J connectivity index is 1.97. The molecule has 0 aliphatic rings. The van der Waals surface area contributed by atoms with Crippen molar-refractivity contribution in [1.82, 2.24) is 14.5 Å². The maximum absolute atomic E-state index is 14.1. The molecule has 0 atom stereocenters. The van der Waals surface area contributed by atoms with Crippen molar-refractivity contribution < 1.29 is 13.5 Å². The average Bonchev–Trinajstić information content (AvgIpc) is 3.19. The number of hydrogen-bond donors (Lipinski definition) is 1. The predicted octanol–water partition coefficient (Wildman–Crippen LogP) is 5.28. The normalized spacial score (nSPS) is 12.2. The molecule has 0 fully saturated rings. The largest absolute Gasteiger partial charge is 0.492 e. The van der Waals surface area contributed by atoms with Gasteiger partial charge in [-0.25, -0.2) is 8.78 Å². The Morgan fingerprint density at radius 3 is 2.38 bits per heavy atom. The average molecular weight is 393 g/mol. The second kappa shape index (κ2) is 6.46. The molecule has 5 aromatic rings. The standard InChI is InChI=1S/C23H21F2N3O/c1-27(2)8-9-28-20-7-5-14(25)11-16(20)18-12-17-15-10-13(24)4-6-19(15)26-21(17)23(29-3)22(18)28/h4-7,10-12,26H,8-9H2,1-3H3. The molecule has 29 heavy (non-hydrogen) atoms. The molecule has 0 unspecified atom stereocenters. The number of aromatic amines is 1. The van der Waals surface area contributed by atoms with Gasteiger partial charge < -0.3 is 19.2 Å². The van der Waals surface area contributed by atoms with Gasteiger partial charge in [0.15, 0.2) is 5.75 Å². The van der Waals surface area contributed by atoms with Gasteiger partial charge in [0, 0.05) is 45.7 Å². The summed E-state index contributed by atoms with van der Waals surface area (Å²) in [5.74, 6) is 0.106. The third kappa shape index (κ3) is 2.67. The van der Waals surface area contributed by atoms with E-state index in [-0.39, 0.29) is 11.6 Å². The molecule has 0 bridgehead atoms. The van der Waals surface area contributed by atoms with E-state index in [1.807, 2.05) is 26.2 Å². The van der Waals surface area contributed by atoms with Crippen molar-refractivity contribution in [2.75, 3.05) is 27.7 Å². The van der Waals surface area contributed by atoms with E-state index in [0.29, 0.717) is 5.75 Å². The van der Waals surface area contributed by atoms with Crippen LogP contribution in [0, 0.1) is 11.6 Å². The van der Waals surface area contributed by atoms with Crippen LogP contribution in [0.25, 0.3) is 43.6 Å². The molecule has 148 valence electrons. The predicted molar refractivity (Wildman–Crippen MR) is 114 cm³/mol. The zero-order chi connectivity index (χ0) is 20.3. The molecule has 6 heteroatoms. The molecular formula is C23H21F2N3O. The Hall–Kier alpha value is -3.12. The molecule has 2 heterocycles. The molecule has 0 spiro atoms. The van der Waals surface area contributed by atoms with Crippen LogP contribution in [0.15, 0.2) is 42.5 Å². The highest BCUT2D eigenvalue weighted by Gasteiger charge is 2.20. The number of benzene rings is 3. The van der Waals surface area contributed by atoms with E-state index in [4.69, 9.17) is 4.74 Å². The number of ether oxygens (including phenoxy) is 1. The minimum atomic E-state index is -0.295. The first-order valence-electron chi connectivity index (χ1n) is 9.52. The van der Waals surface area contributed by atoms with E-state index >= 15 is 0 Å². The zero-order valence-electron chi connectivity index (χ0n) is 16.5. The van der Waals surface area contributed by atoms with Crippen LogP contribution in [0.5, 0.6) is 5.75 Å². The lowest BCUT2D eigenvalue weighted by Gasteiger charge is -2.14. The van der Waals surface area contributed by atoms with Gasteiger partial charge in [-0.1, -0.05) is 0 Å². The number of rotatable bonds is 4. The highest BCUT2D eigenvalue weighted by molar-refractivity contribution is 6.21. The summed E-state index contributed by atoms with van der Waals surface area (Å²) in [5.41, 5.74) is 3.51. The number of aromatic nitrogens is 2. The summed E-state index contributed by atoms with van der Waals surface area (Å²) in [6.07, 6.45) is 0. The number of halogens is 2. The van der Waals surface area contributed by atoms with Gasteiger partial charge in [-0.2, -0.15) is 0 Å². The third-order valence-electron chi connectivity index (χ3n) is 5.57. The Morgan fingerprint density at radius 2 is 1.66 bits per heavy atom. The highest BCUT2D eigenvalue weighted by Crippen LogP contribution is 2.42.